The van der Waals surface area contributed by atoms with Gasteiger partial charge in [0.2, 0.25) is 5.95 Å². The molecule has 1 atom stereocenters. The van der Waals surface area contributed by atoms with Gasteiger partial charge in [0.15, 0.2) is 0 Å². The molecule has 0 bridgehead atoms. The molecule has 0 radical (unpaired) electrons. The normalized spacial score (nSPS) is 16.7. The number of aromatic nitrogens is 5. The molecule has 2 N–H and O–H groups in total. The first-order chi connectivity index (χ1) is 14.6. The molecular formula is C21H25N7O2. The Labute approximate surface area is 174 Å². The van der Waals surface area contributed by atoms with Gasteiger partial charge in [-0.15, -0.1) is 10.2 Å². The van der Waals surface area contributed by atoms with Crippen LogP contribution in [0.5, 0.6) is 5.75 Å². The number of anilines is 1. The molecule has 2 aromatic heterocycles. The molecule has 1 aliphatic heterocycles. The van der Waals surface area contributed by atoms with E-state index in [4.69, 9.17) is 4.74 Å². The molecule has 1 fully saturated rings. The third-order valence-electron chi connectivity index (χ3n) is 5.40. The van der Waals surface area contributed by atoms with Crippen LogP contribution in [-0.4, -0.2) is 57.5 Å². The predicted octanol–water partition coefficient (Wildman–Crippen LogP) is 2.21. The summed E-state index contributed by atoms with van der Waals surface area (Å²) < 4.78 is 5.27. The van der Waals surface area contributed by atoms with Crippen LogP contribution in [0.4, 0.5) is 5.95 Å². The van der Waals surface area contributed by atoms with Crippen molar-refractivity contribution in [2.24, 2.45) is 5.92 Å². The number of aryl methyl sites for hydroxylation is 1. The largest absolute Gasteiger partial charge is 0.428 e. The van der Waals surface area contributed by atoms with E-state index >= 15 is 0 Å². The van der Waals surface area contributed by atoms with Crippen LogP contribution in [0.2, 0.25) is 0 Å². The van der Waals surface area contributed by atoms with Crippen LogP contribution in [0.1, 0.15) is 19.4 Å². The Morgan fingerprint density at radius 3 is 2.77 bits per heavy atom. The number of piperazine rings is 1. The SMILES string of the molecule is Cc1cc(-c2cn[nH]c2)cc(OC=O)c1-c1cnc(N2CCN[C@@H](C(C)C)C2)nn1. The first-order valence-electron chi connectivity index (χ1n) is 9.99. The number of H-pyrrole nitrogens is 1. The number of ether oxygens (including phenoxy) is 1. The Kier molecular flexibility index (Phi) is 5.71. The van der Waals surface area contributed by atoms with Gasteiger partial charge < -0.3 is 15.0 Å². The second-order valence-electron chi connectivity index (χ2n) is 7.76. The van der Waals surface area contributed by atoms with Crippen molar-refractivity contribution in [1.29, 1.82) is 0 Å². The molecule has 1 aliphatic rings. The lowest BCUT2D eigenvalue weighted by atomic mass is 9.99. The number of carbonyl (C=O) groups excluding carboxylic acids is 1. The minimum atomic E-state index is 0.396. The second kappa shape index (κ2) is 8.58. The summed E-state index contributed by atoms with van der Waals surface area (Å²) in [5.74, 6) is 1.54. The van der Waals surface area contributed by atoms with Gasteiger partial charge in [0.05, 0.1) is 12.4 Å². The van der Waals surface area contributed by atoms with E-state index in [-0.39, 0.29) is 0 Å². The molecule has 30 heavy (non-hydrogen) atoms. The van der Waals surface area contributed by atoms with Crippen LogP contribution < -0.4 is 15.0 Å². The van der Waals surface area contributed by atoms with Crippen LogP contribution in [0.25, 0.3) is 22.4 Å². The van der Waals surface area contributed by atoms with Gasteiger partial charge >= 0.3 is 0 Å². The maximum absolute atomic E-state index is 11.1. The van der Waals surface area contributed by atoms with E-state index in [0.29, 0.717) is 41.4 Å². The monoisotopic (exact) mass is 407 g/mol. The standard InChI is InChI=1S/C21H25N7O2/c1-13(2)18-11-28(5-4-22-18)21-23-10-17(26-27-21)20-14(3)6-15(7-19(20)30-12-29)16-8-24-25-9-16/h6-10,12-13,18,22H,4-5,11H2,1-3H3,(H,24,25)/t18-/m1/s1. The lowest BCUT2D eigenvalue weighted by molar-refractivity contribution is -0.120. The fraction of sp³-hybridized carbons (Fsp3) is 0.381. The third-order valence-corrected chi connectivity index (χ3v) is 5.40. The highest BCUT2D eigenvalue weighted by atomic mass is 16.5. The van der Waals surface area contributed by atoms with Gasteiger partial charge in [-0.1, -0.05) is 19.9 Å². The smallest absolute Gasteiger partial charge is 0.298 e. The van der Waals surface area contributed by atoms with Crippen LogP contribution in [0, 0.1) is 12.8 Å². The molecule has 0 amide bonds. The van der Waals surface area contributed by atoms with Crippen molar-refractivity contribution in [2.45, 2.75) is 26.8 Å². The van der Waals surface area contributed by atoms with Gasteiger partial charge in [0.1, 0.15) is 11.4 Å². The summed E-state index contributed by atoms with van der Waals surface area (Å²) in [5.41, 5.74) is 3.94. The molecule has 9 heteroatoms. The summed E-state index contributed by atoms with van der Waals surface area (Å²) in [6, 6.07) is 4.19. The topological polar surface area (TPSA) is 109 Å². The van der Waals surface area contributed by atoms with E-state index in [1.807, 2.05) is 13.0 Å². The van der Waals surface area contributed by atoms with E-state index in [9.17, 15) is 4.79 Å². The van der Waals surface area contributed by atoms with Gasteiger partial charge in [-0.2, -0.15) is 5.10 Å². The summed E-state index contributed by atoms with van der Waals surface area (Å²) in [6.45, 7) is 9.33. The highest BCUT2D eigenvalue weighted by Crippen LogP contribution is 2.36. The minimum Gasteiger partial charge on any atom is -0.428 e. The van der Waals surface area contributed by atoms with Crippen molar-refractivity contribution >= 4 is 12.4 Å². The van der Waals surface area contributed by atoms with Gasteiger partial charge in [0.25, 0.3) is 6.47 Å². The Morgan fingerprint density at radius 2 is 2.10 bits per heavy atom. The average Bonchev–Trinajstić information content (AvgIpc) is 3.29. The molecule has 4 rings (SSSR count). The van der Waals surface area contributed by atoms with Crippen molar-refractivity contribution < 1.29 is 9.53 Å². The molecule has 1 saturated heterocycles. The van der Waals surface area contributed by atoms with Crippen molar-refractivity contribution in [1.82, 2.24) is 30.7 Å². The highest BCUT2D eigenvalue weighted by molar-refractivity contribution is 5.78. The molecule has 0 aliphatic carbocycles. The summed E-state index contributed by atoms with van der Waals surface area (Å²) >= 11 is 0. The van der Waals surface area contributed by atoms with Gasteiger partial charge in [-0.05, 0) is 30.0 Å². The summed E-state index contributed by atoms with van der Waals surface area (Å²) in [6.07, 6.45) is 5.19. The van der Waals surface area contributed by atoms with E-state index in [1.54, 1.807) is 24.7 Å². The molecule has 0 unspecified atom stereocenters. The quantitative estimate of drug-likeness (QED) is 0.599. The number of hydrogen-bond donors (Lipinski definition) is 2. The van der Waals surface area contributed by atoms with Crippen LogP contribution >= 0.6 is 0 Å². The Morgan fingerprint density at radius 1 is 1.23 bits per heavy atom. The first kappa shape index (κ1) is 20.0. The lowest BCUT2D eigenvalue weighted by Crippen LogP contribution is -2.53. The molecule has 156 valence electrons. The fourth-order valence-corrected chi connectivity index (χ4v) is 3.74. The van der Waals surface area contributed by atoms with Gasteiger partial charge in [0, 0.05) is 43.0 Å². The second-order valence-corrected chi connectivity index (χ2v) is 7.76. The lowest BCUT2D eigenvalue weighted by Gasteiger charge is -2.35. The zero-order chi connectivity index (χ0) is 21.1. The summed E-state index contributed by atoms with van der Waals surface area (Å²) in [5, 5.41) is 19.1. The van der Waals surface area contributed by atoms with E-state index in [0.717, 1.165) is 36.3 Å². The molecule has 9 nitrogen and oxygen atoms in total. The van der Waals surface area contributed by atoms with Gasteiger partial charge in [-0.3, -0.25) is 9.89 Å². The highest BCUT2D eigenvalue weighted by Gasteiger charge is 2.24. The Balaban J connectivity index is 1.64. The zero-order valence-corrected chi connectivity index (χ0v) is 17.3. The Bertz CT molecular complexity index is 1000. The minimum absolute atomic E-state index is 0.396. The molecule has 1 aromatic carbocycles. The number of carbonyl (C=O) groups is 1. The first-order valence-corrected chi connectivity index (χ1v) is 9.99. The number of nitrogens with one attached hydrogen (secondary N) is 2. The van der Waals surface area contributed by atoms with E-state index in [1.165, 1.54) is 0 Å². The number of benzene rings is 1. The molecule has 0 spiro atoms. The maximum Gasteiger partial charge on any atom is 0.298 e. The van der Waals surface area contributed by atoms with Gasteiger partial charge in [-0.25, -0.2) is 4.98 Å². The van der Waals surface area contributed by atoms with Crippen molar-refractivity contribution in [3.8, 4) is 28.1 Å². The fourth-order valence-electron chi connectivity index (χ4n) is 3.74. The number of hydrogen-bond acceptors (Lipinski definition) is 8. The van der Waals surface area contributed by atoms with Crippen LogP contribution in [0.3, 0.4) is 0 Å². The predicted molar refractivity (Wildman–Crippen MR) is 113 cm³/mol. The van der Waals surface area contributed by atoms with Crippen molar-refractivity contribution in [3.63, 3.8) is 0 Å². The van der Waals surface area contributed by atoms with E-state index < -0.39 is 0 Å². The molecule has 3 aromatic rings. The third kappa shape index (κ3) is 4.02. The number of rotatable bonds is 6. The molecular weight excluding hydrogens is 382 g/mol. The van der Waals surface area contributed by atoms with Crippen molar-refractivity contribution in [2.75, 3.05) is 24.5 Å². The van der Waals surface area contributed by atoms with Crippen LogP contribution in [-0.2, 0) is 4.79 Å². The average molecular weight is 407 g/mol. The number of nitrogens with zero attached hydrogens (tertiary/aromatic N) is 5. The Hall–Kier alpha value is -3.33. The molecule has 3 heterocycles. The van der Waals surface area contributed by atoms with E-state index in [2.05, 4.69) is 49.4 Å². The van der Waals surface area contributed by atoms with Crippen LogP contribution in [0.15, 0.2) is 30.7 Å². The number of aromatic amines is 1. The summed E-state index contributed by atoms with van der Waals surface area (Å²) in [4.78, 5) is 17.8. The zero-order valence-electron chi connectivity index (χ0n) is 17.3. The maximum atomic E-state index is 11.1. The summed E-state index contributed by atoms with van der Waals surface area (Å²) in [7, 11) is 0. The van der Waals surface area contributed by atoms with Crippen molar-refractivity contribution in [3.05, 3.63) is 36.3 Å². The molecule has 0 saturated carbocycles.